The van der Waals surface area contributed by atoms with Gasteiger partial charge in [0.2, 0.25) is 0 Å². The summed E-state index contributed by atoms with van der Waals surface area (Å²) in [6.07, 6.45) is 8.45. The number of nitrogens with one attached hydrogen (secondary N) is 1. The zero-order valence-corrected chi connectivity index (χ0v) is 13.5. The van der Waals surface area contributed by atoms with Crippen LogP contribution in [0, 0.1) is 0 Å². The smallest absolute Gasteiger partial charge is 0.317 e. The number of pyridine rings is 1. The van der Waals surface area contributed by atoms with Crippen LogP contribution in [0.2, 0.25) is 0 Å². The van der Waals surface area contributed by atoms with Crippen LogP contribution in [0.1, 0.15) is 43.2 Å². The van der Waals surface area contributed by atoms with Gasteiger partial charge in [0.1, 0.15) is 5.71 Å². The van der Waals surface area contributed by atoms with Gasteiger partial charge in [0.05, 0.1) is 0 Å². The van der Waals surface area contributed by atoms with Crippen molar-refractivity contribution in [3.63, 3.8) is 0 Å². The molecule has 5 heteroatoms. The summed E-state index contributed by atoms with van der Waals surface area (Å²) in [6, 6.07) is 13.5. The number of hydrogen-bond donors (Lipinski definition) is 1. The monoisotopic (exact) mass is 323 g/mol. The van der Waals surface area contributed by atoms with Crippen molar-refractivity contribution in [2.75, 3.05) is 0 Å². The third-order valence-electron chi connectivity index (χ3n) is 4.15. The molecular weight excluding hydrogens is 302 g/mol. The van der Waals surface area contributed by atoms with Gasteiger partial charge in [-0.3, -0.25) is 9.82 Å². The molecule has 1 N–H and O–H groups in total. The van der Waals surface area contributed by atoms with Crippen molar-refractivity contribution in [1.29, 1.82) is 0 Å². The van der Waals surface area contributed by atoms with Gasteiger partial charge in [0.25, 0.3) is 0 Å². The lowest BCUT2D eigenvalue weighted by Crippen LogP contribution is -2.36. The Morgan fingerprint density at radius 2 is 1.67 bits per heavy atom. The van der Waals surface area contributed by atoms with Gasteiger partial charge in [0, 0.05) is 29.6 Å². The van der Waals surface area contributed by atoms with Crippen LogP contribution in [0.4, 0.5) is 4.79 Å². The zero-order valence-electron chi connectivity index (χ0n) is 13.5. The maximum Gasteiger partial charge on any atom is 0.433 e. The van der Waals surface area contributed by atoms with Crippen LogP contribution in [0.5, 0.6) is 0 Å². The van der Waals surface area contributed by atoms with Crippen molar-refractivity contribution < 1.29 is 9.63 Å². The number of carbonyl (C=O) groups excluding carboxylic acids is 1. The third-order valence-corrected chi connectivity index (χ3v) is 4.15. The molecule has 1 aliphatic carbocycles. The molecule has 1 amide bonds. The number of aromatic nitrogens is 1. The van der Waals surface area contributed by atoms with Crippen LogP contribution >= 0.6 is 0 Å². The number of amides is 1. The second-order valence-electron chi connectivity index (χ2n) is 5.90. The molecule has 1 heterocycles. The summed E-state index contributed by atoms with van der Waals surface area (Å²) >= 11 is 0. The summed E-state index contributed by atoms with van der Waals surface area (Å²) in [5, 5.41) is 7.00. The number of rotatable bonds is 4. The Morgan fingerprint density at radius 1 is 1.00 bits per heavy atom. The topological polar surface area (TPSA) is 63.6 Å². The number of benzene rings is 1. The molecule has 3 rings (SSSR count). The SMILES string of the molecule is O=C(NC1CCCCC1)ON=C(c1ccccc1)c1ccncc1. The molecule has 0 spiro atoms. The minimum absolute atomic E-state index is 0.197. The minimum Gasteiger partial charge on any atom is -0.317 e. The maximum absolute atomic E-state index is 12.0. The molecule has 2 aromatic rings. The fourth-order valence-corrected chi connectivity index (χ4v) is 2.90. The van der Waals surface area contributed by atoms with Crippen molar-refractivity contribution in [2.45, 2.75) is 38.1 Å². The molecular formula is C19H21N3O2. The predicted octanol–water partition coefficient (Wildman–Crippen LogP) is 3.89. The second kappa shape index (κ2) is 8.24. The number of carbonyl (C=O) groups is 1. The minimum atomic E-state index is -0.496. The zero-order chi connectivity index (χ0) is 16.6. The van der Waals surface area contributed by atoms with E-state index in [0.29, 0.717) is 5.71 Å². The second-order valence-corrected chi connectivity index (χ2v) is 5.90. The molecule has 1 aromatic carbocycles. The molecule has 124 valence electrons. The summed E-state index contributed by atoms with van der Waals surface area (Å²) in [5.74, 6) is 0. The van der Waals surface area contributed by atoms with E-state index in [9.17, 15) is 4.79 Å². The molecule has 1 fully saturated rings. The van der Waals surface area contributed by atoms with Crippen molar-refractivity contribution in [2.24, 2.45) is 5.16 Å². The largest absolute Gasteiger partial charge is 0.433 e. The fraction of sp³-hybridized carbons (Fsp3) is 0.316. The Morgan fingerprint density at radius 3 is 2.38 bits per heavy atom. The fourth-order valence-electron chi connectivity index (χ4n) is 2.90. The Kier molecular flexibility index (Phi) is 5.56. The molecule has 0 saturated heterocycles. The van der Waals surface area contributed by atoms with Gasteiger partial charge in [0.15, 0.2) is 0 Å². The Bertz CT molecular complexity index is 639. The highest BCUT2D eigenvalue weighted by atomic mass is 16.7. The molecule has 1 saturated carbocycles. The van der Waals surface area contributed by atoms with E-state index >= 15 is 0 Å². The highest BCUT2D eigenvalue weighted by molar-refractivity contribution is 6.12. The van der Waals surface area contributed by atoms with Crippen LogP contribution in [-0.4, -0.2) is 22.8 Å². The van der Waals surface area contributed by atoms with Crippen LogP contribution < -0.4 is 5.32 Å². The summed E-state index contributed by atoms with van der Waals surface area (Å²) in [6.45, 7) is 0. The lowest BCUT2D eigenvalue weighted by Gasteiger charge is -2.21. The first-order chi connectivity index (χ1) is 11.8. The summed E-state index contributed by atoms with van der Waals surface area (Å²) in [4.78, 5) is 21.2. The first kappa shape index (κ1) is 16.2. The summed E-state index contributed by atoms with van der Waals surface area (Å²) in [5.41, 5.74) is 2.34. The highest BCUT2D eigenvalue weighted by Crippen LogP contribution is 2.17. The van der Waals surface area contributed by atoms with Crippen LogP contribution in [0.3, 0.4) is 0 Å². The van der Waals surface area contributed by atoms with Gasteiger partial charge in [-0.2, -0.15) is 0 Å². The molecule has 0 bridgehead atoms. The molecule has 1 aliphatic rings. The first-order valence-corrected chi connectivity index (χ1v) is 8.34. The van der Waals surface area contributed by atoms with E-state index in [1.165, 1.54) is 6.42 Å². The molecule has 0 radical (unpaired) electrons. The Labute approximate surface area is 141 Å². The average molecular weight is 323 g/mol. The van der Waals surface area contributed by atoms with E-state index in [-0.39, 0.29) is 6.04 Å². The van der Waals surface area contributed by atoms with Crippen LogP contribution in [-0.2, 0) is 4.84 Å². The number of oxime groups is 1. The predicted molar refractivity (Wildman–Crippen MR) is 92.8 cm³/mol. The van der Waals surface area contributed by atoms with E-state index < -0.39 is 6.09 Å². The molecule has 5 nitrogen and oxygen atoms in total. The number of hydrogen-bond acceptors (Lipinski definition) is 4. The standard InChI is InChI=1S/C19H21N3O2/c23-19(21-17-9-5-2-6-10-17)24-22-18(15-7-3-1-4-8-15)16-11-13-20-14-12-16/h1,3-4,7-8,11-14,17H,2,5-6,9-10H2,(H,21,23). The third kappa shape index (κ3) is 4.41. The molecule has 0 atom stereocenters. The maximum atomic E-state index is 12.0. The van der Waals surface area contributed by atoms with Crippen molar-refractivity contribution in [1.82, 2.24) is 10.3 Å². The van der Waals surface area contributed by atoms with Gasteiger partial charge >= 0.3 is 6.09 Å². The van der Waals surface area contributed by atoms with E-state index in [2.05, 4.69) is 15.5 Å². The first-order valence-electron chi connectivity index (χ1n) is 8.34. The highest BCUT2D eigenvalue weighted by Gasteiger charge is 2.17. The average Bonchev–Trinajstić information content (AvgIpc) is 2.64. The van der Waals surface area contributed by atoms with Gasteiger partial charge in [-0.25, -0.2) is 4.79 Å². The summed E-state index contributed by atoms with van der Waals surface area (Å²) < 4.78 is 0. The van der Waals surface area contributed by atoms with Gasteiger partial charge in [-0.05, 0) is 25.0 Å². The van der Waals surface area contributed by atoms with E-state index in [1.54, 1.807) is 12.4 Å². The lowest BCUT2D eigenvalue weighted by atomic mass is 9.96. The quantitative estimate of drug-likeness (QED) is 0.527. The van der Waals surface area contributed by atoms with Gasteiger partial charge < -0.3 is 5.32 Å². The van der Waals surface area contributed by atoms with Crippen molar-refractivity contribution >= 4 is 11.8 Å². The lowest BCUT2D eigenvalue weighted by molar-refractivity contribution is 0.143. The van der Waals surface area contributed by atoms with Crippen molar-refractivity contribution in [3.05, 3.63) is 66.0 Å². The van der Waals surface area contributed by atoms with Gasteiger partial charge in [-0.1, -0.05) is 54.8 Å². The van der Waals surface area contributed by atoms with Gasteiger partial charge in [-0.15, -0.1) is 0 Å². The summed E-state index contributed by atoms with van der Waals surface area (Å²) in [7, 11) is 0. The molecule has 0 unspecified atom stereocenters. The molecule has 0 aliphatic heterocycles. The Balaban J connectivity index is 1.73. The van der Waals surface area contributed by atoms with Crippen LogP contribution in [0.15, 0.2) is 60.0 Å². The van der Waals surface area contributed by atoms with E-state index in [4.69, 9.17) is 4.84 Å². The normalized spacial score (nSPS) is 15.8. The molecule has 1 aromatic heterocycles. The van der Waals surface area contributed by atoms with Crippen molar-refractivity contribution in [3.8, 4) is 0 Å². The molecule has 24 heavy (non-hydrogen) atoms. The van der Waals surface area contributed by atoms with E-state index in [0.717, 1.165) is 36.8 Å². The van der Waals surface area contributed by atoms with Crippen LogP contribution in [0.25, 0.3) is 0 Å². The Hall–Kier alpha value is -2.69. The van der Waals surface area contributed by atoms with E-state index in [1.807, 2.05) is 42.5 Å². The number of nitrogens with zero attached hydrogens (tertiary/aromatic N) is 2.